The first-order chi connectivity index (χ1) is 13.5. The zero-order chi connectivity index (χ0) is 20.4. The number of carbonyl (C=O) groups excluding carboxylic acids is 4. The number of para-hydroxylation sites is 1. The van der Waals surface area contributed by atoms with Crippen molar-refractivity contribution in [2.75, 3.05) is 31.6 Å². The average molecular weight is 389 g/mol. The first-order valence-corrected chi connectivity index (χ1v) is 9.57. The number of aryl methyl sites for hydroxylation is 1. The normalized spacial score (nSPS) is 14.2. The third-order valence-corrected chi connectivity index (χ3v) is 4.47. The van der Waals surface area contributed by atoms with Crippen LogP contribution < -0.4 is 10.6 Å². The summed E-state index contributed by atoms with van der Waals surface area (Å²) in [4.78, 5) is 48.9. The molecule has 1 aliphatic heterocycles. The smallest absolute Gasteiger partial charge is 0.326 e. The molecule has 1 aliphatic rings. The second kappa shape index (κ2) is 11.1. The minimum Gasteiger partial charge on any atom is -0.454 e. The lowest BCUT2D eigenvalue weighted by molar-refractivity contribution is -0.152. The number of esters is 1. The second-order valence-electron chi connectivity index (χ2n) is 6.62. The summed E-state index contributed by atoms with van der Waals surface area (Å²) in [7, 11) is 0. The highest BCUT2D eigenvalue weighted by atomic mass is 16.5. The van der Waals surface area contributed by atoms with Crippen LogP contribution in [0.4, 0.5) is 5.69 Å². The third-order valence-electron chi connectivity index (χ3n) is 4.47. The van der Waals surface area contributed by atoms with E-state index < -0.39 is 18.5 Å². The molecule has 28 heavy (non-hydrogen) atoms. The van der Waals surface area contributed by atoms with Gasteiger partial charge in [0.25, 0.3) is 5.91 Å². The molecule has 8 heteroatoms. The lowest BCUT2D eigenvalue weighted by Gasteiger charge is -2.19. The van der Waals surface area contributed by atoms with Crippen molar-refractivity contribution in [2.45, 2.75) is 39.0 Å². The molecule has 0 saturated carbocycles. The molecule has 2 rings (SSSR count). The largest absolute Gasteiger partial charge is 0.454 e. The summed E-state index contributed by atoms with van der Waals surface area (Å²) in [6, 6.07) is 7.43. The summed E-state index contributed by atoms with van der Waals surface area (Å²) in [5, 5.41) is 5.15. The maximum absolute atomic E-state index is 12.0. The van der Waals surface area contributed by atoms with Gasteiger partial charge in [0, 0.05) is 18.7 Å². The van der Waals surface area contributed by atoms with E-state index in [2.05, 4.69) is 10.6 Å². The average Bonchev–Trinajstić information content (AvgIpc) is 2.89. The van der Waals surface area contributed by atoms with Crippen molar-refractivity contribution in [1.82, 2.24) is 10.2 Å². The van der Waals surface area contributed by atoms with E-state index in [1.165, 1.54) is 4.90 Å². The van der Waals surface area contributed by atoms with Gasteiger partial charge in [0.2, 0.25) is 11.8 Å². The molecule has 8 nitrogen and oxygen atoms in total. The molecule has 0 aliphatic carbocycles. The van der Waals surface area contributed by atoms with E-state index in [-0.39, 0.29) is 24.9 Å². The van der Waals surface area contributed by atoms with E-state index in [0.29, 0.717) is 18.7 Å². The highest BCUT2D eigenvalue weighted by Crippen LogP contribution is 2.15. The minimum atomic E-state index is -0.633. The van der Waals surface area contributed by atoms with Crippen LogP contribution >= 0.6 is 0 Å². The van der Waals surface area contributed by atoms with Crippen molar-refractivity contribution in [3.05, 3.63) is 29.8 Å². The summed E-state index contributed by atoms with van der Waals surface area (Å²) >= 11 is 0. The molecule has 1 heterocycles. The number of benzene rings is 1. The molecule has 1 fully saturated rings. The van der Waals surface area contributed by atoms with E-state index in [1.54, 1.807) is 6.07 Å². The van der Waals surface area contributed by atoms with Gasteiger partial charge >= 0.3 is 5.97 Å². The maximum Gasteiger partial charge on any atom is 0.326 e. The Hall–Kier alpha value is -2.90. The van der Waals surface area contributed by atoms with Crippen LogP contribution in [0, 0.1) is 0 Å². The molecule has 0 atom stereocenters. The van der Waals surface area contributed by atoms with Crippen molar-refractivity contribution in [1.29, 1.82) is 0 Å². The van der Waals surface area contributed by atoms with Crippen LogP contribution in [0.15, 0.2) is 24.3 Å². The number of rotatable bonds is 8. The number of anilines is 1. The summed E-state index contributed by atoms with van der Waals surface area (Å²) in [6.07, 6.45) is 3.86. The summed E-state index contributed by atoms with van der Waals surface area (Å²) in [6.45, 7) is 1.65. The molecule has 0 bridgehead atoms. The molecule has 0 spiro atoms. The molecule has 152 valence electrons. The molecule has 1 aromatic rings. The Morgan fingerprint density at radius 1 is 1.11 bits per heavy atom. The zero-order valence-corrected chi connectivity index (χ0v) is 16.2. The van der Waals surface area contributed by atoms with E-state index in [1.807, 2.05) is 25.1 Å². The van der Waals surface area contributed by atoms with Crippen LogP contribution in [0.25, 0.3) is 0 Å². The van der Waals surface area contributed by atoms with Crippen molar-refractivity contribution < 1.29 is 23.9 Å². The Labute approximate surface area is 164 Å². The van der Waals surface area contributed by atoms with Crippen LogP contribution in [0.3, 0.4) is 0 Å². The lowest BCUT2D eigenvalue weighted by Crippen LogP contribution is -2.38. The van der Waals surface area contributed by atoms with Gasteiger partial charge in [-0.2, -0.15) is 0 Å². The predicted octanol–water partition coefficient (Wildman–Crippen LogP) is 1.25. The Morgan fingerprint density at radius 2 is 1.89 bits per heavy atom. The van der Waals surface area contributed by atoms with E-state index in [4.69, 9.17) is 4.74 Å². The van der Waals surface area contributed by atoms with Crippen LogP contribution in [-0.4, -0.2) is 54.8 Å². The van der Waals surface area contributed by atoms with Gasteiger partial charge in [-0.05, 0) is 30.9 Å². The molecule has 1 saturated heterocycles. The number of nitrogens with zero attached hydrogens (tertiary/aromatic N) is 1. The van der Waals surface area contributed by atoms with Gasteiger partial charge in [0.1, 0.15) is 6.54 Å². The molecule has 1 aromatic carbocycles. The molecule has 0 radical (unpaired) electrons. The molecular formula is C20H27N3O5. The standard InChI is InChI=1S/C20H27N3O5/c1-2-15-8-5-6-9-16(15)22-17(24)12-21-18(25)14-28-20(27)13-23-11-7-3-4-10-19(23)26/h5-6,8-9H,2-4,7,10-14H2,1H3,(H,21,25)(H,22,24). The molecule has 3 amide bonds. The topological polar surface area (TPSA) is 105 Å². The fourth-order valence-electron chi connectivity index (χ4n) is 2.93. The number of ether oxygens (including phenoxy) is 1. The summed E-state index contributed by atoms with van der Waals surface area (Å²) in [5.41, 5.74) is 1.71. The van der Waals surface area contributed by atoms with Gasteiger partial charge in [-0.25, -0.2) is 0 Å². The van der Waals surface area contributed by atoms with Crippen molar-refractivity contribution in [2.24, 2.45) is 0 Å². The van der Waals surface area contributed by atoms with E-state index in [9.17, 15) is 19.2 Å². The Bertz CT molecular complexity index is 720. The van der Waals surface area contributed by atoms with Crippen LogP contribution in [-0.2, 0) is 30.3 Å². The number of hydrogen-bond donors (Lipinski definition) is 2. The number of amides is 3. The molecular weight excluding hydrogens is 362 g/mol. The van der Waals surface area contributed by atoms with Crippen LogP contribution in [0.2, 0.25) is 0 Å². The van der Waals surface area contributed by atoms with Crippen molar-refractivity contribution >= 4 is 29.4 Å². The highest BCUT2D eigenvalue weighted by Gasteiger charge is 2.20. The fourth-order valence-corrected chi connectivity index (χ4v) is 2.93. The first-order valence-electron chi connectivity index (χ1n) is 9.57. The van der Waals surface area contributed by atoms with Gasteiger partial charge in [-0.1, -0.05) is 31.5 Å². The quantitative estimate of drug-likeness (QED) is 0.651. The second-order valence-corrected chi connectivity index (χ2v) is 6.62. The van der Waals surface area contributed by atoms with Crippen LogP contribution in [0.1, 0.15) is 38.2 Å². The van der Waals surface area contributed by atoms with Gasteiger partial charge in [-0.15, -0.1) is 0 Å². The van der Waals surface area contributed by atoms with Gasteiger partial charge in [0.15, 0.2) is 6.61 Å². The Morgan fingerprint density at radius 3 is 2.68 bits per heavy atom. The van der Waals surface area contributed by atoms with E-state index >= 15 is 0 Å². The van der Waals surface area contributed by atoms with Gasteiger partial charge in [0.05, 0.1) is 6.54 Å². The zero-order valence-electron chi connectivity index (χ0n) is 16.2. The minimum absolute atomic E-state index is 0.0667. The monoisotopic (exact) mass is 389 g/mol. The lowest BCUT2D eigenvalue weighted by atomic mass is 10.1. The van der Waals surface area contributed by atoms with Crippen molar-refractivity contribution in [3.63, 3.8) is 0 Å². The SMILES string of the molecule is CCc1ccccc1NC(=O)CNC(=O)COC(=O)CN1CCCCCC1=O. The third kappa shape index (κ3) is 7.02. The predicted molar refractivity (Wildman–Crippen MR) is 103 cm³/mol. The van der Waals surface area contributed by atoms with Gasteiger partial charge in [-0.3, -0.25) is 19.2 Å². The summed E-state index contributed by atoms with van der Waals surface area (Å²) in [5.74, 6) is -1.64. The summed E-state index contributed by atoms with van der Waals surface area (Å²) < 4.78 is 4.91. The highest BCUT2D eigenvalue weighted by molar-refractivity contribution is 5.95. The molecule has 0 aromatic heterocycles. The number of carbonyl (C=O) groups is 4. The fraction of sp³-hybridized carbons (Fsp3) is 0.500. The Kier molecular flexibility index (Phi) is 8.45. The molecule has 2 N–H and O–H groups in total. The van der Waals surface area contributed by atoms with Gasteiger partial charge < -0.3 is 20.3 Å². The van der Waals surface area contributed by atoms with E-state index in [0.717, 1.165) is 31.2 Å². The number of nitrogens with one attached hydrogen (secondary N) is 2. The number of likely N-dealkylation sites (tertiary alicyclic amines) is 1. The molecule has 0 unspecified atom stereocenters. The first kappa shape index (κ1) is 21.4. The Balaban J connectivity index is 1.68. The number of hydrogen-bond acceptors (Lipinski definition) is 5. The maximum atomic E-state index is 12.0. The van der Waals surface area contributed by atoms with Crippen LogP contribution in [0.5, 0.6) is 0 Å². The van der Waals surface area contributed by atoms with Crippen molar-refractivity contribution in [3.8, 4) is 0 Å².